The Balaban J connectivity index is 1.55. The fourth-order valence-corrected chi connectivity index (χ4v) is 3.77. The van der Waals surface area contributed by atoms with Gasteiger partial charge in [0.25, 0.3) is 0 Å². The molecule has 1 unspecified atom stereocenters. The normalized spacial score (nSPS) is 20.0. The van der Waals surface area contributed by atoms with Gasteiger partial charge in [-0.15, -0.1) is 0 Å². The van der Waals surface area contributed by atoms with Crippen LogP contribution >= 0.6 is 0 Å². The van der Waals surface area contributed by atoms with E-state index in [9.17, 15) is 14.0 Å². The first-order valence-electron chi connectivity index (χ1n) is 11.0. The number of halogens is 1. The standard InChI is InChI=1S/C24H28BFN2O5/c1-23(2)24(3,4)33-25(32-23)17-7-5-16(6-8-17)20(27-19-11-9-18(26)10-12-19)15-21(29)28-13-14-31-22(28)30/h5-12,20,27H,13-15H2,1-4H3. The molecule has 7 nitrogen and oxygen atoms in total. The molecule has 0 spiro atoms. The van der Waals surface area contributed by atoms with Crippen molar-refractivity contribution >= 4 is 30.3 Å². The lowest BCUT2D eigenvalue weighted by Crippen LogP contribution is -2.41. The molecule has 2 amide bonds. The number of carbonyl (C=O) groups excluding carboxylic acids is 2. The predicted octanol–water partition coefficient (Wildman–Crippen LogP) is 3.65. The minimum Gasteiger partial charge on any atom is -0.447 e. The van der Waals surface area contributed by atoms with Crippen LogP contribution in [0, 0.1) is 5.82 Å². The number of anilines is 1. The summed E-state index contributed by atoms with van der Waals surface area (Å²) in [7, 11) is -0.492. The van der Waals surface area contributed by atoms with Crippen molar-refractivity contribution in [1.82, 2.24) is 4.90 Å². The van der Waals surface area contributed by atoms with Gasteiger partial charge in [-0.25, -0.2) is 14.1 Å². The number of carbonyl (C=O) groups is 2. The second kappa shape index (κ2) is 8.80. The summed E-state index contributed by atoms with van der Waals surface area (Å²) in [5, 5.41) is 3.28. The highest BCUT2D eigenvalue weighted by Gasteiger charge is 2.51. The van der Waals surface area contributed by atoms with Crippen LogP contribution in [-0.4, -0.2) is 48.4 Å². The van der Waals surface area contributed by atoms with Gasteiger partial charge in [-0.05, 0) is 63.0 Å². The molecule has 0 aromatic heterocycles. The summed E-state index contributed by atoms with van der Waals surface area (Å²) in [5.41, 5.74) is 1.47. The van der Waals surface area contributed by atoms with Gasteiger partial charge in [-0.3, -0.25) is 4.79 Å². The maximum absolute atomic E-state index is 13.3. The Kier molecular flexibility index (Phi) is 6.20. The van der Waals surface area contributed by atoms with Crippen LogP contribution in [-0.2, 0) is 18.8 Å². The van der Waals surface area contributed by atoms with E-state index in [1.165, 1.54) is 12.1 Å². The topological polar surface area (TPSA) is 77.1 Å². The number of cyclic esters (lactones) is 1. The van der Waals surface area contributed by atoms with Crippen LogP contribution in [0.5, 0.6) is 0 Å². The number of hydrogen-bond donors (Lipinski definition) is 1. The van der Waals surface area contributed by atoms with Crippen molar-refractivity contribution in [1.29, 1.82) is 0 Å². The lowest BCUT2D eigenvalue weighted by atomic mass is 9.78. The fraction of sp³-hybridized carbons (Fsp3) is 0.417. The number of amides is 2. The highest BCUT2D eigenvalue weighted by molar-refractivity contribution is 6.62. The molecule has 2 heterocycles. The van der Waals surface area contributed by atoms with Gasteiger partial charge in [-0.2, -0.15) is 0 Å². The van der Waals surface area contributed by atoms with E-state index in [2.05, 4.69) is 5.32 Å². The average Bonchev–Trinajstić information content (AvgIpc) is 3.28. The summed E-state index contributed by atoms with van der Waals surface area (Å²) in [6.45, 7) is 8.43. The van der Waals surface area contributed by atoms with E-state index in [0.717, 1.165) is 15.9 Å². The largest absolute Gasteiger partial charge is 0.494 e. The molecule has 2 aliphatic heterocycles. The number of hydrogen-bond acceptors (Lipinski definition) is 6. The molecule has 0 aliphatic carbocycles. The van der Waals surface area contributed by atoms with E-state index in [0.29, 0.717) is 5.69 Å². The van der Waals surface area contributed by atoms with Crippen molar-refractivity contribution in [2.24, 2.45) is 0 Å². The zero-order valence-electron chi connectivity index (χ0n) is 19.3. The first-order valence-corrected chi connectivity index (χ1v) is 11.0. The zero-order valence-corrected chi connectivity index (χ0v) is 19.3. The van der Waals surface area contributed by atoms with Crippen molar-refractivity contribution < 1.29 is 28.0 Å². The van der Waals surface area contributed by atoms with Crippen LogP contribution in [0.15, 0.2) is 48.5 Å². The first kappa shape index (κ1) is 23.3. The van der Waals surface area contributed by atoms with Crippen LogP contribution in [0.2, 0.25) is 0 Å². The van der Waals surface area contributed by atoms with Crippen LogP contribution in [0.1, 0.15) is 45.7 Å². The quantitative estimate of drug-likeness (QED) is 0.672. The smallest absolute Gasteiger partial charge is 0.447 e. The summed E-state index contributed by atoms with van der Waals surface area (Å²) in [6.07, 6.45) is -0.598. The van der Waals surface area contributed by atoms with Crippen LogP contribution < -0.4 is 10.8 Å². The Morgan fingerprint density at radius 1 is 1.06 bits per heavy atom. The van der Waals surface area contributed by atoms with Gasteiger partial charge in [-0.1, -0.05) is 24.3 Å². The minimum atomic E-state index is -0.628. The molecule has 2 aliphatic rings. The van der Waals surface area contributed by atoms with Crippen molar-refractivity contribution in [2.45, 2.75) is 51.4 Å². The number of benzene rings is 2. The number of nitrogens with zero attached hydrogens (tertiary/aromatic N) is 1. The van der Waals surface area contributed by atoms with Gasteiger partial charge in [0.05, 0.1) is 30.2 Å². The highest BCUT2D eigenvalue weighted by atomic mass is 19.1. The Bertz CT molecular complexity index is 1010. The minimum absolute atomic E-state index is 0.0301. The maximum Gasteiger partial charge on any atom is 0.494 e. The van der Waals surface area contributed by atoms with Gasteiger partial charge >= 0.3 is 13.2 Å². The average molecular weight is 454 g/mol. The van der Waals surface area contributed by atoms with Crippen molar-refractivity contribution in [3.63, 3.8) is 0 Å². The van der Waals surface area contributed by atoms with E-state index in [1.54, 1.807) is 12.1 Å². The number of rotatable bonds is 6. The molecular formula is C24H28BFN2O5. The van der Waals surface area contributed by atoms with E-state index in [4.69, 9.17) is 14.0 Å². The Morgan fingerprint density at radius 2 is 1.67 bits per heavy atom. The first-order chi connectivity index (χ1) is 15.6. The molecule has 4 rings (SSSR count). The number of nitrogens with one attached hydrogen (secondary N) is 1. The van der Waals surface area contributed by atoms with Crippen LogP contribution in [0.3, 0.4) is 0 Å². The molecule has 1 atom stereocenters. The molecule has 2 fully saturated rings. The lowest BCUT2D eigenvalue weighted by Gasteiger charge is -2.32. The SMILES string of the molecule is CC1(C)OB(c2ccc(C(CC(=O)N3CCOC3=O)Nc3ccc(F)cc3)cc2)OC1(C)C. The summed E-state index contributed by atoms with van der Waals surface area (Å²) in [4.78, 5) is 25.7. The van der Waals surface area contributed by atoms with Crippen LogP contribution in [0.4, 0.5) is 14.9 Å². The van der Waals surface area contributed by atoms with Crippen LogP contribution in [0.25, 0.3) is 0 Å². The van der Waals surface area contributed by atoms with Gasteiger partial charge in [0, 0.05) is 5.69 Å². The zero-order chi connectivity index (χ0) is 23.8. The second-order valence-electron chi connectivity index (χ2n) is 9.32. The molecule has 1 N–H and O–H groups in total. The fourth-order valence-electron chi connectivity index (χ4n) is 3.77. The molecule has 174 valence electrons. The number of ether oxygens (including phenoxy) is 1. The molecule has 9 heteroatoms. The molecule has 0 bridgehead atoms. The summed E-state index contributed by atoms with van der Waals surface area (Å²) in [6, 6.07) is 13.1. The number of imide groups is 1. The highest BCUT2D eigenvalue weighted by Crippen LogP contribution is 2.36. The third-order valence-electron chi connectivity index (χ3n) is 6.49. The molecule has 2 aromatic carbocycles. The Labute approximate surface area is 193 Å². The summed E-state index contributed by atoms with van der Waals surface area (Å²) in [5.74, 6) is -0.688. The predicted molar refractivity (Wildman–Crippen MR) is 123 cm³/mol. The molecular weight excluding hydrogens is 426 g/mol. The molecule has 0 saturated carbocycles. The van der Waals surface area contributed by atoms with Crippen molar-refractivity contribution in [3.05, 3.63) is 59.9 Å². The summed E-state index contributed by atoms with van der Waals surface area (Å²) >= 11 is 0. The van der Waals surface area contributed by atoms with E-state index in [-0.39, 0.29) is 31.3 Å². The van der Waals surface area contributed by atoms with E-state index >= 15 is 0 Å². The second-order valence-corrected chi connectivity index (χ2v) is 9.32. The Morgan fingerprint density at radius 3 is 2.21 bits per heavy atom. The Hall–Kier alpha value is -2.91. The van der Waals surface area contributed by atoms with Gasteiger partial charge in [0.15, 0.2) is 0 Å². The molecule has 2 aromatic rings. The van der Waals surface area contributed by atoms with Gasteiger partial charge < -0.3 is 19.4 Å². The van der Waals surface area contributed by atoms with Gasteiger partial charge in [0.1, 0.15) is 12.4 Å². The monoisotopic (exact) mass is 454 g/mol. The van der Waals surface area contributed by atoms with Crippen molar-refractivity contribution in [3.8, 4) is 0 Å². The third kappa shape index (κ3) is 4.89. The van der Waals surface area contributed by atoms with Gasteiger partial charge in [0.2, 0.25) is 5.91 Å². The lowest BCUT2D eigenvalue weighted by molar-refractivity contribution is -0.128. The summed E-state index contributed by atoms with van der Waals surface area (Å²) < 4.78 is 30.5. The molecule has 33 heavy (non-hydrogen) atoms. The maximum atomic E-state index is 13.3. The van der Waals surface area contributed by atoms with Crippen molar-refractivity contribution in [2.75, 3.05) is 18.5 Å². The molecule has 2 saturated heterocycles. The van der Waals surface area contributed by atoms with E-state index in [1.807, 2.05) is 52.0 Å². The van der Waals surface area contributed by atoms with E-state index < -0.39 is 30.5 Å². The molecule has 0 radical (unpaired) electrons. The third-order valence-corrected chi connectivity index (χ3v) is 6.49.